The van der Waals surface area contributed by atoms with Gasteiger partial charge >= 0.3 is 5.69 Å². The van der Waals surface area contributed by atoms with Crippen LogP contribution in [0.25, 0.3) is 0 Å². The van der Waals surface area contributed by atoms with Crippen molar-refractivity contribution in [1.82, 2.24) is 9.55 Å². The summed E-state index contributed by atoms with van der Waals surface area (Å²) < 4.78 is 6.20. The molecule has 0 saturated heterocycles. The number of benzene rings is 1. The Morgan fingerprint density at radius 2 is 2.14 bits per heavy atom. The van der Waals surface area contributed by atoms with E-state index in [0.717, 1.165) is 4.57 Å². The summed E-state index contributed by atoms with van der Waals surface area (Å²) >= 11 is 0. The topological polar surface area (TPSA) is 93.2 Å². The lowest BCUT2D eigenvalue weighted by Crippen LogP contribution is -2.34. The maximum Gasteiger partial charge on any atom is 0.328 e. The van der Waals surface area contributed by atoms with Gasteiger partial charge in [-0.2, -0.15) is 0 Å². The second kappa shape index (κ2) is 6.08. The Bertz CT molecular complexity index is 776. The van der Waals surface area contributed by atoms with Crippen LogP contribution in [0.2, 0.25) is 0 Å². The number of carbonyl (C=O) groups is 1. The van der Waals surface area contributed by atoms with E-state index in [9.17, 15) is 14.4 Å². The van der Waals surface area contributed by atoms with Gasteiger partial charge in [0.1, 0.15) is 12.3 Å². The highest BCUT2D eigenvalue weighted by molar-refractivity contribution is 5.90. The first-order valence-corrected chi connectivity index (χ1v) is 6.24. The fraction of sp³-hybridized carbons (Fsp3) is 0.214. The third-order valence-corrected chi connectivity index (χ3v) is 2.86. The zero-order valence-corrected chi connectivity index (χ0v) is 11.7. The van der Waals surface area contributed by atoms with E-state index in [-0.39, 0.29) is 12.5 Å². The molecule has 1 heterocycles. The van der Waals surface area contributed by atoms with E-state index in [1.165, 1.54) is 13.3 Å². The maximum absolute atomic E-state index is 11.9. The van der Waals surface area contributed by atoms with Crippen LogP contribution in [-0.4, -0.2) is 22.6 Å². The molecule has 0 aliphatic rings. The van der Waals surface area contributed by atoms with Crippen LogP contribution in [-0.2, 0) is 11.3 Å². The average Bonchev–Trinajstić information content (AvgIpc) is 2.45. The molecule has 0 spiro atoms. The van der Waals surface area contributed by atoms with Crippen molar-refractivity contribution in [3.05, 3.63) is 56.9 Å². The van der Waals surface area contributed by atoms with Gasteiger partial charge in [-0.25, -0.2) is 4.79 Å². The molecule has 0 aliphatic carbocycles. The summed E-state index contributed by atoms with van der Waals surface area (Å²) in [7, 11) is 1.53. The molecule has 2 N–H and O–H groups in total. The molecule has 1 amide bonds. The minimum Gasteiger partial charge on any atom is -0.497 e. The predicted molar refractivity (Wildman–Crippen MR) is 77.7 cm³/mol. The van der Waals surface area contributed by atoms with E-state index in [4.69, 9.17) is 4.74 Å². The summed E-state index contributed by atoms with van der Waals surface area (Å²) in [5.41, 5.74) is -0.145. The van der Waals surface area contributed by atoms with Crippen LogP contribution in [0.4, 0.5) is 5.69 Å². The van der Waals surface area contributed by atoms with E-state index in [0.29, 0.717) is 17.0 Å². The van der Waals surface area contributed by atoms with Crippen molar-refractivity contribution in [2.24, 2.45) is 0 Å². The van der Waals surface area contributed by atoms with Gasteiger partial charge in [-0.3, -0.25) is 19.1 Å². The Morgan fingerprint density at radius 3 is 2.86 bits per heavy atom. The van der Waals surface area contributed by atoms with Gasteiger partial charge in [0.25, 0.3) is 5.56 Å². The molecule has 0 fully saturated rings. The second-order valence-electron chi connectivity index (χ2n) is 4.48. The van der Waals surface area contributed by atoms with Crippen molar-refractivity contribution in [1.29, 1.82) is 0 Å². The molecule has 7 heteroatoms. The van der Waals surface area contributed by atoms with Crippen molar-refractivity contribution >= 4 is 11.6 Å². The SMILES string of the molecule is COc1cccc(NC(=O)Cn2cc(C)c(=O)[nH]c2=O)c1. The van der Waals surface area contributed by atoms with Crippen LogP contribution in [0.5, 0.6) is 5.75 Å². The zero-order chi connectivity index (χ0) is 15.4. The van der Waals surface area contributed by atoms with Crippen molar-refractivity contribution < 1.29 is 9.53 Å². The van der Waals surface area contributed by atoms with Crippen LogP contribution >= 0.6 is 0 Å². The van der Waals surface area contributed by atoms with E-state index >= 15 is 0 Å². The molecule has 0 aliphatic heterocycles. The molecule has 0 bridgehead atoms. The van der Waals surface area contributed by atoms with Gasteiger partial charge in [0.15, 0.2) is 0 Å². The second-order valence-corrected chi connectivity index (χ2v) is 4.48. The Kier molecular flexibility index (Phi) is 4.22. The lowest BCUT2D eigenvalue weighted by Gasteiger charge is -2.08. The quantitative estimate of drug-likeness (QED) is 0.856. The van der Waals surface area contributed by atoms with Gasteiger partial charge in [0.2, 0.25) is 5.91 Å². The standard InChI is InChI=1S/C14H15N3O4/c1-9-7-17(14(20)16-13(9)19)8-12(18)15-10-4-3-5-11(6-10)21-2/h3-7H,8H2,1-2H3,(H,15,18)(H,16,19,20). The largest absolute Gasteiger partial charge is 0.497 e. The summed E-state index contributed by atoms with van der Waals surface area (Å²) in [6.07, 6.45) is 1.35. The Balaban J connectivity index is 2.13. The fourth-order valence-corrected chi connectivity index (χ4v) is 1.79. The molecule has 2 rings (SSSR count). The number of nitrogens with one attached hydrogen (secondary N) is 2. The fourth-order valence-electron chi connectivity index (χ4n) is 1.79. The highest BCUT2D eigenvalue weighted by atomic mass is 16.5. The number of H-pyrrole nitrogens is 1. The number of amides is 1. The summed E-state index contributed by atoms with van der Waals surface area (Å²) in [6.45, 7) is 1.38. The van der Waals surface area contributed by atoms with E-state index < -0.39 is 11.2 Å². The van der Waals surface area contributed by atoms with Crippen molar-refractivity contribution in [3.8, 4) is 5.75 Å². The monoisotopic (exact) mass is 289 g/mol. The molecule has 21 heavy (non-hydrogen) atoms. The van der Waals surface area contributed by atoms with Gasteiger partial charge in [-0.1, -0.05) is 6.07 Å². The first-order chi connectivity index (χ1) is 9.99. The maximum atomic E-state index is 11.9. The normalized spacial score (nSPS) is 10.2. The average molecular weight is 289 g/mol. The molecule has 1 aromatic carbocycles. The Labute approximate surface area is 120 Å². The van der Waals surface area contributed by atoms with Crippen LogP contribution in [0.1, 0.15) is 5.56 Å². The summed E-state index contributed by atoms with van der Waals surface area (Å²) in [5, 5.41) is 2.66. The molecule has 0 unspecified atom stereocenters. The van der Waals surface area contributed by atoms with Crippen LogP contribution < -0.4 is 21.3 Å². The number of ether oxygens (including phenoxy) is 1. The van der Waals surface area contributed by atoms with Crippen LogP contribution in [0.15, 0.2) is 40.1 Å². The number of aryl methyl sites for hydroxylation is 1. The smallest absolute Gasteiger partial charge is 0.328 e. The predicted octanol–water partition coefficient (Wildman–Crippen LogP) is 0.492. The highest BCUT2D eigenvalue weighted by Gasteiger charge is 2.07. The van der Waals surface area contributed by atoms with Crippen LogP contribution in [0, 0.1) is 6.92 Å². The molecule has 0 saturated carbocycles. The first kappa shape index (κ1) is 14.6. The van der Waals surface area contributed by atoms with Crippen molar-refractivity contribution in [2.75, 3.05) is 12.4 Å². The lowest BCUT2D eigenvalue weighted by atomic mass is 10.3. The number of aromatic nitrogens is 2. The van der Waals surface area contributed by atoms with E-state index in [1.807, 2.05) is 0 Å². The molecule has 110 valence electrons. The minimum atomic E-state index is -0.619. The third-order valence-electron chi connectivity index (χ3n) is 2.86. The Morgan fingerprint density at radius 1 is 1.38 bits per heavy atom. The summed E-state index contributed by atoms with van der Waals surface area (Å²) in [4.78, 5) is 36.9. The van der Waals surface area contributed by atoms with Gasteiger partial charge in [-0.05, 0) is 19.1 Å². The molecule has 2 aromatic rings. The summed E-state index contributed by atoms with van der Waals surface area (Å²) in [5.74, 6) is 0.238. The molecular formula is C14H15N3O4. The zero-order valence-electron chi connectivity index (χ0n) is 11.7. The number of aromatic amines is 1. The number of hydrogen-bond donors (Lipinski definition) is 2. The molecular weight excluding hydrogens is 274 g/mol. The van der Waals surface area contributed by atoms with Crippen molar-refractivity contribution in [2.45, 2.75) is 13.5 Å². The molecule has 0 radical (unpaired) electrons. The minimum absolute atomic E-state index is 0.187. The number of methoxy groups -OCH3 is 1. The number of carbonyl (C=O) groups excluding carboxylic acids is 1. The van der Waals surface area contributed by atoms with E-state index in [1.54, 1.807) is 31.2 Å². The highest BCUT2D eigenvalue weighted by Crippen LogP contribution is 2.16. The third kappa shape index (κ3) is 3.59. The first-order valence-electron chi connectivity index (χ1n) is 6.24. The number of nitrogens with zero attached hydrogens (tertiary/aromatic N) is 1. The van der Waals surface area contributed by atoms with Gasteiger partial charge in [0, 0.05) is 23.5 Å². The number of rotatable bonds is 4. The van der Waals surface area contributed by atoms with Gasteiger partial charge < -0.3 is 10.1 Å². The number of hydrogen-bond acceptors (Lipinski definition) is 4. The van der Waals surface area contributed by atoms with Gasteiger partial charge in [-0.15, -0.1) is 0 Å². The summed E-state index contributed by atoms with van der Waals surface area (Å²) in [6, 6.07) is 6.87. The lowest BCUT2D eigenvalue weighted by molar-refractivity contribution is -0.116. The molecule has 1 aromatic heterocycles. The van der Waals surface area contributed by atoms with Gasteiger partial charge in [0.05, 0.1) is 7.11 Å². The number of anilines is 1. The van der Waals surface area contributed by atoms with Crippen molar-refractivity contribution in [3.63, 3.8) is 0 Å². The van der Waals surface area contributed by atoms with Crippen LogP contribution in [0.3, 0.4) is 0 Å². The Hall–Kier alpha value is -2.83. The van der Waals surface area contributed by atoms with E-state index in [2.05, 4.69) is 10.3 Å². The molecule has 0 atom stereocenters. The molecule has 7 nitrogen and oxygen atoms in total.